The number of likely N-dealkylation sites (N-methyl/N-ethyl adjacent to an activating group) is 1. The van der Waals surface area contributed by atoms with E-state index in [1.807, 2.05) is 0 Å². The van der Waals surface area contributed by atoms with Gasteiger partial charge in [-0.15, -0.1) is 24.0 Å². The van der Waals surface area contributed by atoms with E-state index in [9.17, 15) is 9.59 Å². The van der Waals surface area contributed by atoms with Gasteiger partial charge in [-0.25, -0.2) is 9.79 Å². The maximum atomic E-state index is 11.9. The number of rotatable bonds is 7. The SMILES string of the molecule is COC(=O)N1CCC(NC(=NCC(=O)N(C)C)NCCCN2CCOCC2)CC1.I. The van der Waals surface area contributed by atoms with Crippen LogP contribution in [0.5, 0.6) is 0 Å². The van der Waals surface area contributed by atoms with E-state index in [0.29, 0.717) is 19.0 Å². The molecule has 0 aromatic heterocycles. The van der Waals surface area contributed by atoms with E-state index in [4.69, 9.17) is 9.47 Å². The van der Waals surface area contributed by atoms with Crippen LogP contribution < -0.4 is 10.6 Å². The Morgan fingerprint density at radius 2 is 1.83 bits per heavy atom. The lowest BCUT2D eigenvalue weighted by molar-refractivity contribution is -0.127. The van der Waals surface area contributed by atoms with Crippen molar-refractivity contribution in [2.24, 2.45) is 4.99 Å². The fourth-order valence-corrected chi connectivity index (χ4v) is 3.30. The molecule has 2 saturated heterocycles. The predicted molar refractivity (Wildman–Crippen MR) is 126 cm³/mol. The highest BCUT2D eigenvalue weighted by Gasteiger charge is 2.23. The summed E-state index contributed by atoms with van der Waals surface area (Å²) in [7, 11) is 4.85. The topological polar surface area (TPSA) is 98.7 Å². The molecule has 0 atom stereocenters. The monoisotopic (exact) mass is 540 g/mol. The normalized spacial score (nSPS) is 18.4. The van der Waals surface area contributed by atoms with Gasteiger partial charge in [0, 0.05) is 52.9 Å². The van der Waals surface area contributed by atoms with Gasteiger partial charge in [-0.1, -0.05) is 0 Å². The zero-order valence-corrected chi connectivity index (χ0v) is 20.7. The molecule has 0 aliphatic carbocycles. The molecule has 2 fully saturated rings. The maximum Gasteiger partial charge on any atom is 0.409 e. The van der Waals surface area contributed by atoms with E-state index >= 15 is 0 Å². The summed E-state index contributed by atoms with van der Waals surface area (Å²) < 4.78 is 10.2. The third kappa shape index (κ3) is 9.65. The van der Waals surface area contributed by atoms with Crippen LogP contribution in [0.1, 0.15) is 19.3 Å². The van der Waals surface area contributed by atoms with E-state index < -0.39 is 0 Å². The Bertz CT molecular complexity index is 549. The van der Waals surface area contributed by atoms with Crippen molar-refractivity contribution in [3.05, 3.63) is 0 Å². The second-order valence-corrected chi connectivity index (χ2v) is 7.56. The third-order valence-electron chi connectivity index (χ3n) is 5.19. The standard InChI is InChI=1S/C19H36N6O4.HI/c1-23(2)17(26)15-21-18(20-7-4-8-24-11-13-29-14-12-24)22-16-5-9-25(10-6-16)19(27)28-3;/h16H,4-15H2,1-3H3,(H2,20,21,22);1H. The average molecular weight is 540 g/mol. The molecule has 0 unspecified atom stereocenters. The van der Waals surface area contributed by atoms with Crippen molar-refractivity contribution in [3.63, 3.8) is 0 Å². The molecule has 2 aliphatic heterocycles. The van der Waals surface area contributed by atoms with Crippen LogP contribution in [0.2, 0.25) is 0 Å². The summed E-state index contributed by atoms with van der Waals surface area (Å²) in [4.78, 5) is 33.6. The Kier molecular flexibility index (Phi) is 13.0. The van der Waals surface area contributed by atoms with Crippen LogP contribution in [0.25, 0.3) is 0 Å². The molecule has 174 valence electrons. The molecule has 0 saturated carbocycles. The summed E-state index contributed by atoms with van der Waals surface area (Å²) in [5.74, 6) is 0.610. The third-order valence-corrected chi connectivity index (χ3v) is 5.19. The molecule has 2 amide bonds. The van der Waals surface area contributed by atoms with Crippen molar-refractivity contribution >= 4 is 41.9 Å². The van der Waals surface area contributed by atoms with Gasteiger partial charge in [0.25, 0.3) is 0 Å². The molecule has 0 aromatic rings. The Balaban J connectivity index is 0.00000450. The predicted octanol–water partition coefficient (Wildman–Crippen LogP) is 0.181. The second-order valence-electron chi connectivity index (χ2n) is 7.56. The fourth-order valence-electron chi connectivity index (χ4n) is 3.30. The maximum absolute atomic E-state index is 11.9. The summed E-state index contributed by atoms with van der Waals surface area (Å²) in [5, 5.41) is 6.77. The van der Waals surface area contributed by atoms with E-state index in [1.165, 1.54) is 12.0 Å². The Morgan fingerprint density at radius 1 is 1.17 bits per heavy atom. The number of piperidine rings is 1. The zero-order chi connectivity index (χ0) is 21.1. The van der Waals surface area contributed by atoms with Crippen LogP contribution in [0.15, 0.2) is 4.99 Å². The number of amides is 2. The second kappa shape index (κ2) is 14.6. The lowest BCUT2D eigenvalue weighted by atomic mass is 10.1. The summed E-state index contributed by atoms with van der Waals surface area (Å²) in [6.07, 6.45) is 2.33. The summed E-state index contributed by atoms with van der Waals surface area (Å²) in [5.41, 5.74) is 0. The zero-order valence-electron chi connectivity index (χ0n) is 18.4. The number of morpholine rings is 1. The van der Waals surface area contributed by atoms with Crippen LogP contribution in [-0.4, -0.2) is 119 Å². The van der Waals surface area contributed by atoms with Crippen molar-refractivity contribution in [1.29, 1.82) is 0 Å². The highest BCUT2D eigenvalue weighted by Crippen LogP contribution is 2.11. The summed E-state index contributed by atoms with van der Waals surface area (Å²) in [6.45, 7) is 6.75. The highest BCUT2D eigenvalue weighted by molar-refractivity contribution is 14.0. The molecule has 2 N–H and O–H groups in total. The number of likely N-dealkylation sites (tertiary alicyclic amines) is 1. The molecule has 2 heterocycles. The molecule has 0 spiro atoms. The van der Waals surface area contributed by atoms with Crippen molar-refractivity contribution in [3.8, 4) is 0 Å². The number of hydrogen-bond donors (Lipinski definition) is 2. The summed E-state index contributed by atoms with van der Waals surface area (Å²) >= 11 is 0. The number of guanidine groups is 1. The Labute approximate surface area is 196 Å². The van der Waals surface area contributed by atoms with Gasteiger partial charge >= 0.3 is 6.09 Å². The first-order valence-corrected chi connectivity index (χ1v) is 10.4. The van der Waals surface area contributed by atoms with Crippen LogP contribution in [0.4, 0.5) is 4.79 Å². The molecule has 30 heavy (non-hydrogen) atoms. The van der Waals surface area contributed by atoms with E-state index in [2.05, 4.69) is 20.5 Å². The molecule has 0 bridgehead atoms. The molecule has 2 rings (SSSR count). The lowest BCUT2D eigenvalue weighted by Crippen LogP contribution is -2.50. The van der Waals surface area contributed by atoms with E-state index in [0.717, 1.165) is 58.7 Å². The minimum Gasteiger partial charge on any atom is -0.453 e. The van der Waals surface area contributed by atoms with E-state index in [1.54, 1.807) is 19.0 Å². The number of nitrogens with zero attached hydrogens (tertiary/aromatic N) is 4. The quantitative estimate of drug-likeness (QED) is 0.206. The minimum absolute atomic E-state index is 0. The van der Waals surface area contributed by atoms with Crippen LogP contribution in [0, 0.1) is 0 Å². The first-order valence-electron chi connectivity index (χ1n) is 10.4. The first-order chi connectivity index (χ1) is 14.0. The highest BCUT2D eigenvalue weighted by atomic mass is 127. The van der Waals surface area contributed by atoms with Gasteiger partial charge in [-0.05, 0) is 25.8 Å². The van der Waals surface area contributed by atoms with E-state index in [-0.39, 0.29) is 48.6 Å². The molecular weight excluding hydrogens is 503 g/mol. The number of methoxy groups -OCH3 is 1. The lowest BCUT2D eigenvalue weighted by Gasteiger charge is -2.32. The molecule has 2 aliphatic rings. The van der Waals surface area contributed by atoms with Gasteiger partial charge in [0.2, 0.25) is 5.91 Å². The van der Waals surface area contributed by atoms with Crippen LogP contribution >= 0.6 is 24.0 Å². The first kappa shape index (κ1) is 26.7. The van der Waals surface area contributed by atoms with Crippen LogP contribution in [0.3, 0.4) is 0 Å². The number of halogens is 1. The number of aliphatic imine (C=N–C) groups is 1. The van der Waals surface area contributed by atoms with Crippen molar-refractivity contribution in [2.45, 2.75) is 25.3 Å². The van der Waals surface area contributed by atoms with Gasteiger partial charge in [0.15, 0.2) is 5.96 Å². The number of hydrogen-bond acceptors (Lipinski definition) is 6. The average Bonchev–Trinajstić information content (AvgIpc) is 2.75. The van der Waals surface area contributed by atoms with Crippen molar-refractivity contribution in [2.75, 3.05) is 80.2 Å². The number of carbonyl (C=O) groups is 2. The van der Waals surface area contributed by atoms with Gasteiger partial charge in [0.1, 0.15) is 6.54 Å². The number of ether oxygens (including phenoxy) is 2. The van der Waals surface area contributed by atoms with Gasteiger partial charge in [0.05, 0.1) is 20.3 Å². The van der Waals surface area contributed by atoms with Gasteiger partial charge in [-0.3, -0.25) is 9.69 Å². The molecular formula is C19H37IN6O4. The van der Waals surface area contributed by atoms with Crippen molar-refractivity contribution in [1.82, 2.24) is 25.3 Å². The Morgan fingerprint density at radius 3 is 2.43 bits per heavy atom. The molecule has 0 radical (unpaired) electrons. The smallest absolute Gasteiger partial charge is 0.409 e. The number of nitrogens with one attached hydrogen (secondary N) is 2. The van der Waals surface area contributed by atoms with Crippen molar-refractivity contribution < 1.29 is 19.1 Å². The molecule has 10 nitrogen and oxygen atoms in total. The Hall–Kier alpha value is -1.34. The number of carbonyl (C=O) groups excluding carboxylic acids is 2. The fraction of sp³-hybridized carbons (Fsp3) is 0.842. The molecule has 11 heteroatoms. The summed E-state index contributed by atoms with van der Waals surface area (Å²) in [6, 6.07) is 0.204. The van der Waals surface area contributed by atoms with Crippen LogP contribution in [-0.2, 0) is 14.3 Å². The minimum atomic E-state index is -0.282. The van der Waals surface area contributed by atoms with Gasteiger partial charge in [-0.2, -0.15) is 0 Å². The molecule has 0 aromatic carbocycles. The largest absolute Gasteiger partial charge is 0.453 e. The van der Waals surface area contributed by atoms with Gasteiger partial charge < -0.3 is 29.9 Å².